The average Bonchev–Trinajstić information content (AvgIpc) is 2.50. The van der Waals surface area contributed by atoms with Gasteiger partial charge >= 0.3 is 0 Å². The van der Waals surface area contributed by atoms with E-state index < -0.39 is 0 Å². The van der Waals surface area contributed by atoms with E-state index in [4.69, 9.17) is 0 Å². The van der Waals surface area contributed by atoms with Crippen molar-refractivity contribution in [2.24, 2.45) is 11.8 Å². The Morgan fingerprint density at radius 3 is 2.62 bits per heavy atom. The molecule has 0 amide bonds. The second-order valence-electron chi connectivity index (χ2n) is 6.32. The van der Waals surface area contributed by atoms with Gasteiger partial charge in [0, 0.05) is 16.7 Å². The van der Waals surface area contributed by atoms with Crippen LogP contribution in [0.3, 0.4) is 0 Å². The summed E-state index contributed by atoms with van der Waals surface area (Å²) < 4.78 is 13.7. The molecular formula is C18H28FNS. The van der Waals surface area contributed by atoms with Crippen LogP contribution >= 0.6 is 11.8 Å². The molecule has 1 aliphatic rings. The summed E-state index contributed by atoms with van der Waals surface area (Å²) in [4.78, 5) is 0.782. The van der Waals surface area contributed by atoms with Crippen LogP contribution in [-0.4, -0.2) is 18.3 Å². The highest BCUT2D eigenvalue weighted by molar-refractivity contribution is 7.99. The number of benzene rings is 1. The number of rotatable bonds is 7. The molecule has 0 spiro atoms. The molecule has 2 rings (SSSR count). The summed E-state index contributed by atoms with van der Waals surface area (Å²) in [6.45, 7) is 5.63. The van der Waals surface area contributed by atoms with Gasteiger partial charge < -0.3 is 5.32 Å². The van der Waals surface area contributed by atoms with Gasteiger partial charge in [0.25, 0.3) is 0 Å². The lowest BCUT2D eigenvalue weighted by Crippen LogP contribution is -2.40. The van der Waals surface area contributed by atoms with E-state index in [9.17, 15) is 4.39 Å². The van der Waals surface area contributed by atoms with Gasteiger partial charge in [-0.15, -0.1) is 11.8 Å². The van der Waals surface area contributed by atoms with Gasteiger partial charge in [-0.25, -0.2) is 4.39 Å². The smallest absolute Gasteiger partial charge is 0.136 e. The maximum absolute atomic E-state index is 13.7. The van der Waals surface area contributed by atoms with Crippen molar-refractivity contribution in [1.82, 2.24) is 5.32 Å². The standard InChI is InChI=1S/C18H28FNS/c1-3-12-20-17(15-10-8-14(2)9-11-15)13-21-18-7-5-4-6-16(18)19/h4-7,14-15,17,20H,3,8-13H2,1-2H3. The second kappa shape index (κ2) is 8.79. The Morgan fingerprint density at radius 2 is 1.95 bits per heavy atom. The first-order valence-electron chi connectivity index (χ1n) is 8.31. The average molecular weight is 309 g/mol. The summed E-state index contributed by atoms with van der Waals surface area (Å²) in [6, 6.07) is 7.64. The van der Waals surface area contributed by atoms with Crippen LogP contribution in [-0.2, 0) is 0 Å². The molecule has 0 aromatic heterocycles. The number of hydrogen-bond donors (Lipinski definition) is 1. The molecule has 1 nitrogen and oxygen atoms in total. The molecule has 1 aromatic carbocycles. The summed E-state index contributed by atoms with van der Waals surface area (Å²) in [5, 5.41) is 3.70. The Labute approximate surface area is 133 Å². The quantitative estimate of drug-likeness (QED) is 0.702. The zero-order chi connectivity index (χ0) is 15.1. The van der Waals surface area contributed by atoms with Gasteiger partial charge in [0.15, 0.2) is 0 Å². The van der Waals surface area contributed by atoms with Crippen molar-refractivity contribution in [2.75, 3.05) is 12.3 Å². The van der Waals surface area contributed by atoms with Gasteiger partial charge in [-0.05, 0) is 49.8 Å². The number of thioether (sulfide) groups is 1. The number of halogens is 1. The molecule has 1 N–H and O–H groups in total. The second-order valence-corrected chi connectivity index (χ2v) is 7.38. The normalized spacial score (nSPS) is 24.0. The van der Waals surface area contributed by atoms with E-state index in [1.165, 1.54) is 25.7 Å². The highest BCUT2D eigenvalue weighted by atomic mass is 32.2. The Bertz CT molecular complexity index is 415. The summed E-state index contributed by atoms with van der Waals surface area (Å²) >= 11 is 1.66. The SMILES string of the molecule is CCCNC(CSc1ccccc1F)C1CCC(C)CC1. The lowest BCUT2D eigenvalue weighted by Gasteiger charge is -2.33. The maximum Gasteiger partial charge on any atom is 0.136 e. The highest BCUT2D eigenvalue weighted by Gasteiger charge is 2.25. The van der Waals surface area contributed by atoms with Crippen LogP contribution in [0.1, 0.15) is 46.0 Å². The van der Waals surface area contributed by atoms with E-state index in [0.29, 0.717) is 6.04 Å². The molecule has 0 bridgehead atoms. The Kier molecular flexibility index (Phi) is 7.05. The molecule has 1 atom stereocenters. The van der Waals surface area contributed by atoms with Crippen LogP contribution < -0.4 is 5.32 Å². The van der Waals surface area contributed by atoms with Crippen molar-refractivity contribution in [3.63, 3.8) is 0 Å². The Morgan fingerprint density at radius 1 is 1.24 bits per heavy atom. The molecule has 0 radical (unpaired) electrons. The molecule has 1 fully saturated rings. The van der Waals surface area contributed by atoms with Crippen molar-refractivity contribution in [3.8, 4) is 0 Å². The fraction of sp³-hybridized carbons (Fsp3) is 0.667. The monoisotopic (exact) mass is 309 g/mol. The van der Waals surface area contributed by atoms with Gasteiger partial charge in [0.2, 0.25) is 0 Å². The van der Waals surface area contributed by atoms with E-state index in [0.717, 1.165) is 35.4 Å². The highest BCUT2D eigenvalue weighted by Crippen LogP contribution is 2.33. The van der Waals surface area contributed by atoms with E-state index in [2.05, 4.69) is 19.2 Å². The zero-order valence-corrected chi connectivity index (χ0v) is 14.1. The number of nitrogens with one attached hydrogen (secondary N) is 1. The van der Waals surface area contributed by atoms with Crippen LogP contribution in [0.15, 0.2) is 29.2 Å². The van der Waals surface area contributed by atoms with E-state index in [1.807, 2.05) is 12.1 Å². The Balaban J connectivity index is 1.91. The zero-order valence-electron chi connectivity index (χ0n) is 13.3. The van der Waals surface area contributed by atoms with Gasteiger partial charge in [-0.3, -0.25) is 0 Å². The minimum absolute atomic E-state index is 0.0889. The van der Waals surface area contributed by atoms with E-state index in [1.54, 1.807) is 23.9 Å². The van der Waals surface area contributed by atoms with Gasteiger partial charge in [-0.1, -0.05) is 38.8 Å². The van der Waals surface area contributed by atoms with Crippen molar-refractivity contribution in [1.29, 1.82) is 0 Å². The van der Waals surface area contributed by atoms with Gasteiger partial charge in [-0.2, -0.15) is 0 Å². The third-order valence-electron chi connectivity index (χ3n) is 4.54. The predicted octanol–water partition coefficient (Wildman–Crippen LogP) is 5.11. The summed E-state index contributed by atoms with van der Waals surface area (Å²) in [7, 11) is 0. The minimum atomic E-state index is -0.0889. The molecular weight excluding hydrogens is 281 g/mol. The van der Waals surface area contributed by atoms with Crippen LogP contribution in [0, 0.1) is 17.7 Å². The van der Waals surface area contributed by atoms with E-state index in [-0.39, 0.29) is 5.82 Å². The fourth-order valence-corrected chi connectivity index (χ4v) is 4.25. The summed E-state index contributed by atoms with van der Waals surface area (Å²) in [6.07, 6.45) is 6.49. The third kappa shape index (κ3) is 5.30. The molecule has 1 aliphatic carbocycles. The van der Waals surface area contributed by atoms with Gasteiger partial charge in [0.05, 0.1) is 0 Å². The van der Waals surface area contributed by atoms with Crippen molar-refractivity contribution in [2.45, 2.75) is 56.9 Å². The molecule has 1 aromatic rings. The summed E-state index contributed by atoms with van der Waals surface area (Å²) in [5.74, 6) is 2.52. The first-order valence-corrected chi connectivity index (χ1v) is 9.30. The van der Waals surface area contributed by atoms with Crippen LogP contribution in [0.4, 0.5) is 4.39 Å². The number of hydrogen-bond acceptors (Lipinski definition) is 2. The molecule has 3 heteroatoms. The van der Waals surface area contributed by atoms with Crippen LogP contribution in [0.5, 0.6) is 0 Å². The van der Waals surface area contributed by atoms with Crippen molar-refractivity contribution >= 4 is 11.8 Å². The fourth-order valence-electron chi connectivity index (χ4n) is 3.12. The molecule has 1 unspecified atom stereocenters. The lowest BCUT2D eigenvalue weighted by molar-refractivity contribution is 0.242. The van der Waals surface area contributed by atoms with Crippen molar-refractivity contribution < 1.29 is 4.39 Å². The lowest BCUT2D eigenvalue weighted by atomic mass is 9.79. The van der Waals surface area contributed by atoms with Crippen LogP contribution in [0.2, 0.25) is 0 Å². The third-order valence-corrected chi connectivity index (χ3v) is 5.71. The van der Waals surface area contributed by atoms with Crippen LogP contribution in [0.25, 0.3) is 0 Å². The summed E-state index contributed by atoms with van der Waals surface area (Å²) in [5.41, 5.74) is 0. The van der Waals surface area contributed by atoms with E-state index >= 15 is 0 Å². The molecule has 118 valence electrons. The van der Waals surface area contributed by atoms with Gasteiger partial charge in [0.1, 0.15) is 5.82 Å². The topological polar surface area (TPSA) is 12.0 Å². The first kappa shape index (κ1) is 16.8. The molecule has 0 heterocycles. The maximum atomic E-state index is 13.7. The predicted molar refractivity (Wildman–Crippen MR) is 90.3 cm³/mol. The largest absolute Gasteiger partial charge is 0.313 e. The molecule has 1 saturated carbocycles. The minimum Gasteiger partial charge on any atom is -0.313 e. The molecule has 21 heavy (non-hydrogen) atoms. The first-order chi connectivity index (χ1) is 10.2. The molecule has 0 aliphatic heterocycles. The molecule has 0 saturated heterocycles. The Hall–Kier alpha value is -0.540. The van der Waals surface area contributed by atoms with Crippen molar-refractivity contribution in [3.05, 3.63) is 30.1 Å².